The van der Waals surface area contributed by atoms with Crippen molar-refractivity contribution in [3.05, 3.63) is 42.0 Å². The molecular weight excluding hydrogens is 444 g/mol. The summed E-state index contributed by atoms with van der Waals surface area (Å²) < 4.78 is 7.21. The number of aliphatic hydroxyl groups excluding tert-OH is 1. The summed E-state index contributed by atoms with van der Waals surface area (Å²) in [5, 5.41) is 18.2. The van der Waals surface area contributed by atoms with E-state index < -0.39 is 0 Å². The average molecular weight is 479 g/mol. The average Bonchev–Trinajstić information content (AvgIpc) is 3.53. The molecule has 1 saturated carbocycles. The van der Waals surface area contributed by atoms with E-state index in [1.807, 2.05) is 28.6 Å². The van der Waals surface area contributed by atoms with E-state index in [0.29, 0.717) is 24.0 Å². The second kappa shape index (κ2) is 10.3. The van der Waals surface area contributed by atoms with E-state index >= 15 is 0 Å². The summed E-state index contributed by atoms with van der Waals surface area (Å²) in [6, 6.07) is 4.17. The Balaban J connectivity index is 1.54. The molecule has 0 aromatic carbocycles. The number of aromatic nitrogens is 4. The van der Waals surface area contributed by atoms with Gasteiger partial charge in [0.25, 0.3) is 5.91 Å². The van der Waals surface area contributed by atoms with Crippen LogP contribution in [0.2, 0.25) is 0 Å². The van der Waals surface area contributed by atoms with Gasteiger partial charge in [0.15, 0.2) is 0 Å². The number of amides is 1. The van der Waals surface area contributed by atoms with Crippen molar-refractivity contribution in [3.8, 4) is 11.1 Å². The molecule has 4 heterocycles. The number of carbonyl (C=O) groups excluding carboxylic acids is 1. The Morgan fingerprint density at radius 3 is 2.69 bits per heavy atom. The number of methoxy groups -OCH3 is 1. The van der Waals surface area contributed by atoms with Gasteiger partial charge in [0.05, 0.1) is 30.0 Å². The van der Waals surface area contributed by atoms with Gasteiger partial charge in [-0.1, -0.05) is 0 Å². The van der Waals surface area contributed by atoms with Crippen LogP contribution >= 0.6 is 0 Å². The van der Waals surface area contributed by atoms with E-state index in [1.165, 1.54) is 0 Å². The van der Waals surface area contributed by atoms with Crippen molar-refractivity contribution in [2.24, 2.45) is 0 Å². The maximum atomic E-state index is 13.0. The van der Waals surface area contributed by atoms with Gasteiger partial charge in [-0.2, -0.15) is 0 Å². The number of carbonyl (C=O) groups is 1. The molecule has 2 fully saturated rings. The van der Waals surface area contributed by atoms with E-state index in [1.54, 1.807) is 19.5 Å². The lowest BCUT2D eigenvalue weighted by Crippen LogP contribution is -2.27. The van der Waals surface area contributed by atoms with Crippen LogP contribution in [-0.4, -0.2) is 74.4 Å². The van der Waals surface area contributed by atoms with Crippen molar-refractivity contribution in [2.45, 2.75) is 63.5 Å². The number of likely N-dealkylation sites (tertiary alicyclic amines) is 1. The van der Waals surface area contributed by atoms with Crippen molar-refractivity contribution < 1.29 is 14.6 Å². The third-order valence-corrected chi connectivity index (χ3v) is 7.14. The molecule has 0 spiro atoms. The fourth-order valence-corrected chi connectivity index (χ4v) is 5.29. The van der Waals surface area contributed by atoms with Gasteiger partial charge in [-0.3, -0.25) is 9.78 Å². The highest BCUT2D eigenvalue weighted by Gasteiger charge is 2.26. The van der Waals surface area contributed by atoms with Crippen LogP contribution in [0.5, 0.6) is 0 Å². The molecule has 9 nitrogen and oxygen atoms in total. The van der Waals surface area contributed by atoms with Crippen molar-refractivity contribution in [1.82, 2.24) is 24.5 Å². The number of fused-ring (bicyclic) bond motifs is 1. The SMILES string of the molecule is COC[C@H](C)Nc1ncc2c(-c3cncc(C(=O)N4CCCC4)c3)cc([C@H]3CC[C@H](O)CC3)n2n1. The van der Waals surface area contributed by atoms with Gasteiger partial charge >= 0.3 is 0 Å². The summed E-state index contributed by atoms with van der Waals surface area (Å²) >= 11 is 0. The van der Waals surface area contributed by atoms with Gasteiger partial charge in [0.2, 0.25) is 5.95 Å². The summed E-state index contributed by atoms with van der Waals surface area (Å²) in [6.07, 6.45) is 10.6. The molecule has 186 valence electrons. The highest BCUT2D eigenvalue weighted by atomic mass is 16.5. The van der Waals surface area contributed by atoms with Crippen molar-refractivity contribution in [1.29, 1.82) is 0 Å². The molecule has 3 aromatic rings. The topological polar surface area (TPSA) is 105 Å². The Bertz CT molecular complexity index is 1180. The number of ether oxygens (including phenoxy) is 1. The third kappa shape index (κ3) is 5.01. The minimum Gasteiger partial charge on any atom is -0.393 e. The minimum atomic E-state index is -0.226. The first-order valence-corrected chi connectivity index (χ1v) is 12.6. The number of pyridine rings is 1. The number of aliphatic hydroxyl groups is 1. The molecule has 2 N–H and O–H groups in total. The predicted octanol–water partition coefficient (Wildman–Crippen LogP) is 3.49. The zero-order valence-electron chi connectivity index (χ0n) is 20.5. The Kier molecular flexibility index (Phi) is 6.97. The molecule has 9 heteroatoms. The van der Waals surface area contributed by atoms with Crippen LogP contribution in [0.4, 0.5) is 5.95 Å². The van der Waals surface area contributed by atoms with Gasteiger partial charge in [0.1, 0.15) is 0 Å². The number of anilines is 1. The van der Waals surface area contributed by atoms with Gasteiger partial charge in [0, 0.05) is 61.4 Å². The standard InChI is InChI=1S/C26H34N6O3/c1-17(16-35-2)29-26-28-15-24-22(12-23(32(24)30-26)18-5-7-21(33)8-6-18)19-11-20(14-27-13-19)25(34)31-9-3-4-10-31/h11-15,17-18,21,33H,3-10,16H2,1-2H3,(H,29,30)/t17-,18-,21-/m0/s1. The number of nitrogens with one attached hydrogen (secondary N) is 1. The quantitative estimate of drug-likeness (QED) is 0.536. The zero-order valence-corrected chi connectivity index (χ0v) is 20.5. The van der Waals surface area contributed by atoms with E-state index in [2.05, 4.69) is 21.4 Å². The molecule has 1 atom stereocenters. The highest BCUT2D eigenvalue weighted by Crippen LogP contribution is 2.37. The lowest BCUT2D eigenvalue weighted by molar-refractivity contribution is 0.0792. The molecule has 1 saturated heterocycles. The van der Waals surface area contributed by atoms with Crippen LogP contribution in [0.15, 0.2) is 30.7 Å². The molecule has 0 unspecified atom stereocenters. The minimum absolute atomic E-state index is 0.0386. The molecule has 1 aliphatic heterocycles. The first-order valence-electron chi connectivity index (χ1n) is 12.6. The van der Waals surface area contributed by atoms with Gasteiger partial charge in [-0.15, -0.1) is 5.10 Å². The Labute approximate surface area is 205 Å². The van der Waals surface area contributed by atoms with Gasteiger partial charge in [-0.25, -0.2) is 9.50 Å². The maximum absolute atomic E-state index is 13.0. The normalized spacial score (nSPS) is 21.4. The molecule has 35 heavy (non-hydrogen) atoms. The number of nitrogens with zero attached hydrogens (tertiary/aromatic N) is 5. The smallest absolute Gasteiger partial charge is 0.255 e. The summed E-state index contributed by atoms with van der Waals surface area (Å²) in [5.74, 6) is 0.871. The molecule has 3 aromatic heterocycles. The fraction of sp³-hybridized carbons (Fsp3) is 0.538. The fourth-order valence-electron chi connectivity index (χ4n) is 5.29. The van der Waals surface area contributed by atoms with E-state index in [0.717, 1.165) is 74.0 Å². The second-order valence-electron chi connectivity index (χ2n) is 9.83. The highest BCUT2D eigenvalue weighted by molar-refractivity contribution is 5.96. The Morgan fingerprint density at radius 2 is 1.94 bits per heavy atom. The Morgan fingerprint density at radius 1 is 1.17 bits per heavy atom. The first-order chi connectivity index (χ1) is 17.0. The van der Waals surface area contributed by atoms with Crippen LogP contribution in [0, 0.1) is 0 Å². The van der Waals surface area contributed by atoms with E-state index in [-0.39, 0.29) is 18.1 Å². The molecular formula is C26H34N6O3. The lowest BCUT2D eigenvalue weighted by Gasteiger charge is -2.25. The molecule has 1 aliphatic carbocycles. The molecule has 2 aliphatic rings. The molecule has 5 rings (SSSR count). The van der Waals surface area contributed by atoms with Gasteiger partial charge < -0.3 is 20.1 Å². The van der Waals surface area contributed by atoms with Crippen LogP contribution in [-0.2, 0) is 4.74 Å². The van der Waals surface area contributed by atoms with Crippen LogP contribution in [0.25, 0.3) is 16.6 Å². The predicted molar refractivity (Wildman–Crippen MR) is 134 cm³/mol. The number of rotatable bonds is 7. The van der Waals surface area contributed by atoms with Crippen LogP contribution in [0.3, 0.4) is 0 Å². The van der Waals surface area contributed by atoms with Crippen molar-refractivity contribution >= 4 is 17.4 Å². The molecule has 1 amide bonds. The van der Waals surface area contributed by atoms with Crippen LogP contribution in [0.1, 0.15) is 67.4 Å². The summed E-state index contributed by atoms with van der Waals surface area (Å²) in [5.41, 5.74) is 4.43. The molecule has 0 radical (unpaired) electrons. The largest absolute Gasteiger partial charge is 0.393 e. The van der Waals surface area contributed by atoms with Crippen molar-refractivity contribution in [2.75, 3.05) is 32.1 Å². The maximum Gasteiger partial charge on any atom is 0.255 e. The summed E-state index contributed by atoms with van der Waals surface area (Å²) in [7, 11) is 1.67. The monoisotopic (exact) mass is 478 g/mol. The molecule has 0 bridgehead atoms. The number of hydrogen-bond donors (Lipinski definition) is 2. The third-order valence-electron chi connectivity index (χ3n) is 7.14. The second-order valence-corrected chi connectivity index (χ2v) is 9.83. The van der Waals surface area contributed by atoms with Crippen LogP contribution < -0.4 is 5.32 Å². The number of hydrogen-bond acceptors (Lipinski definition) is 7. The van der Waals surface area contributed by atoms with Crippen molar-refractivity contribution in [3.63, 3.8) is 0 Å². The van der Waals surface area contributed by atoms with Gasteiger partial charge in [-0.05, 0) is 57.6 Å². The lowest BCUT2D eigenvalue weighted by atomic mass is 9.85. The Hall–Kier alpha value is -3.04. The van der Waals surface area contributed by atoms with E-state index in [4.69, 9.17) is 9.84 Å². The first kappa shape index (κ1) is 23.7. The van der Waals surface area contributed by atoms with E-state index in [9.17, 15) is 9.90 Å². The summed E-state index contributed by atoms with van der Waals surface area (Å²) in [6.45, 7) is 4.19. The zero-order chi connectivity index (χ0) is 24.4. The summed E-state index contributed by atoms with van der Waals surface area (Å²) in [4.78, 5) is 23.9.